The van der Waals surface area contributed by atoms with Crippen molar-refractivity contribution in [1.29, 1.82) is 0 Å². The summed E-state index contributed by atoms with van der Waals surface area (Å²) in [4.78, 5) is 27.7. The first-order valence-electron chi connectivity index (χ1n) is 9.78. The second-order valence-corrected chi connectivity index (χ2v) is 6.94. The number of aromatic nitrogens is 1. The molecule has 2 heterocycles. The summed E-state index contributed by atoms with van der Waals surface area (Å²) in [5.41, 5.74) is 1.87. The van der Waals surface area contributed by atoms with Crippen LogP contribution in [0.3, 0.4) is 0 Å². The number of amides is 2. The molecule has 0 aliphatic carbocycles. The van der Waals surface area contributed by atoms with Crippen molar-refractivity contribution in [3.8, 4) is 0 Å². The molecule has 1 aliphatic rings. The first-order valence-corrected chi connectivity index (χ1v) is 9.78. The number of rotatable bonds is 7. The third kappa shape index (κ3) is 3.28. The maximum absolute atomic E-state index is 13.4. The topological polar surface area (TPSA) is 92.0 Å². The smallest absolute Gasteiger partial charge is 0.301 e. The average molecular weight is 406 g/mol. The van der Waals surface area contributed by atoms with Gasteiger partial charge in [0.05, 0.1) is 17.9 Å². The Kier molecular flexibility index (Phi) is 5.39. The molecule has 4 rings (SSSR count). The Morgan fingerprint density at radius 1 is 1.00 bits per heavy atom. The van der Waals surface area contributed by atoms with Crippen molar-refractivity contribution in [2.75, 3.05) is 11.5 Å². The van der Waals surface area contributed by atoms with Crippen LogP contribution in [0.2, 0.25) is 0 Å². The fourth-order valence-electron chi connectivity index (χ4n) is 3.63. The minimum atomic E-state index is -1.21. The molecule has 154 valence electrons. The molecule has 7 heteroatoms. The first-order chi connectivity index (χ1) is 14.6. The van der Waals surface area contributed by atoms with Crippen LogP contribution in [0.25, 0.3) is 16.5 Å². The van der Waals surface area contributed by atoms with Crippen LogP contribution in [0.5, 0.6) is 0 Å². The van der Waals surface area contributed by atoms with Crippen LogP contribution in [0.15, 0.2) is 66.6 Å². The highest BCUT2D eigenvalue weighted by atomic mass is 16.6. The van der Waals surface area contributed by atoms with E-state index in [-0.39, 0.29) is 24.4 Å². The molecule has 1 aliphatic heterocycles. The number of aliphatic hydroxyl groups is 2. The summed E-state index contributed by atoms with van der Waals surface area (Å²) in [5.74, 6) is -1.31. The Morgan fingerprint density at radius 3 is 2.40 bits per heavy atom. The van der Waals surface area contributed by atoms with Gasteiger partial charge < -0.3 is 19.5 Å². The molecule has 0 saturated carbocycles. The van der Waals surface area contributed by atoms with Crippen molar-refractivity contribution in [2.24, 2.45) is 0 Å². The van der Waals surface area contributed by atoms with Gasteiger partial charge >= 0.3 is 5.91 Å². The number of anilines is 1. The summed E-state index contributed by atoms with van der Waals surface area (Å²) in [6, 6.07) is 16.0. The van der Waals surface area contributed by atoms with E-state index in [1.807, 2.05) is 28.8 Å². The minimum Gasteiger partial charge on any atom is -0.458 e. The number of para-hydroxylation sites is 2. The lowest BCUT2D eigenvalue weighted by Crippen LogP contribution is -2.32. The summed E-state index contributed by atoms with van der Waals surface area (Å²) in [6.45, 7) is 1.98. The molecule has 1 unspecified atom stereocenters. The van der Waals surface area contributed by atoms with Gasteiger partial charge in [-0.25, -0.2) is 4.90 Å². The van der Waals surface area contributed by atoms with Gasteiger partial charge in [0.15, 0.2) is 6.29 Å². The van der Waals surface area contributed by atoms with E-state index in [9.17, 15) is 19.8 Å². The standard InChI is InChI=1S/C23H22N2O5/c1-2-19(27)30-21-20(22(28)25(23(21)29)15-8-4-3-5-9-15)17-14-24(12-13-26)18-11-7-6-10-16(17)18/h3-11,14,19,26-27H,2,12-13H2,1H3. The van der Waals surface area contributed by atoms with Gasteiger partial charge in [-0.1, -0.05) is 43.3 Å². The van der Waals surface area contributed by atoms with Gasteiger partial charge in [0, 0.05) is 35.6 Å². The first kappa shape index (κ1) is 19.9. The van der Waals surface area contributed by atoms with Crippen LogP contribution in [0.1, 0.15) is 18.9 Å². The van der Waals surface area contributed by atoms with Crippen LogP contribution < -0.4 is 4.90 Å². The number of fused-ring (bicyclic) bond motifs is 1. The van der Waals surface area contributed by atoms with E-state index < -0.39 is 18.1 Å². The van der Waals surface area contributed by atoms with Crippen LogP contribution >= 0.6 is 0 Å². The van der Waals surface area contributed by atoms with Crippen LogP contribution in [0, 0.1) is 0 Å². The molecule has 0 spiro atoms. The maximum Gasteiger partial charge on any atom is 0.301 e. The zero-order valence-corrected chi connectivity index (χ0v) is 16.5. The van der Waals surface area contributed by atoms with Crippen LogP contribution in [0.4, 0.5) is 5.69 Å². The summed E-state index contributed by atoms with van der Waals surface area (Å²) in [5, 5.41) is 20.2. The summed E-state index contributed by atoms with van der Waals surface area (Å²) in [7, 11) is 0. The molecule has 2 aromatic carbocycles. The number of carbonyl (C=O) groups excluding carboxylic acids is 2. The maximum atomic E-state index is 13.4. The van der Waals surface area contributed by atoms with Crippen molar-refractivity contribution >= 4 is 34.0 Å². The third-order valence-electron chi connectivity index (χ3n) is 5.06. The molecule has 7 nitrogen and oxygen atoms in total. The number of nitrogens with zero attached hydrogens (tertiary/aromatic N) is 2. The highest BCUT2D eigenvalue weighted by molar-refractivity contribution is 6.46. The summed E-state index contributed by atoms with van der Waals surface area (Å²) < 4.78 is 7.37. The predicted octanol–water partition coefficient (Wildman–Crippen LogP) is 2.66. The van der Waals surface area contributed by atoms with Crippen LogP contribution in [-0.2, 0) is 20.9 Å². The molecular weight excluding hydrogens is 384 g/mol. The Morgan fingerprint density at radius 2 is 1.70 bits per heavy atom. The van der Waals surface area contributed by atoms with Crippen molar-refractivity contribution in [1.82, 2.24) is 4.57 Å². The lowest BCUT2D eigenvalue weighted by Gasteiger charge is -2.15. The molecule has 0 fully saturated rings. The fraction of sp³-hybridized carbons (Fsp3) is 0.217. The third-order valence-corrected chi connectivity index (χ3v) is 5.06. The molecule has 0 saturated heterocycles. The number of hydrogen-bond donors (Lipinski definition) is 2. The Balaban J connectivity index is 1.91. The van der Waals surface area contributed by atoms with E-state index in [2.05, 4.69) is 0 Å². The van der Waals surface area contributed by atoms with Crippen molar-refractivity contribution in [2.45, 2.75) is 26.2 Å². The van der Waals surface area contributed by atoms with E-state index in [0.717, 1.165) is 15.8 Å². The zero-order chi connectivity index (χ0) is 21.3. The molecule has 2 amide bonds. The number of carbonyl (C=O) groups is 2. The molecule has 2 N–H and O–H groups in total. The van der Waals surface area contributed by atoms with Gasteiger partial charge in [-0.05, 0) is 18.2 Å². The van der Waals surface area contributed by atoms with Gasteiger partial charge in [0.1, 0.15) is 0 Å². The molecule has 0 radical (unpaired) electrons. The fourth-order valence-corrected chi connectivity index (χ4v) is 3.63. The molecular formula is C23H22N2O5. The van der Waals surface area contributed by atoms with Gasteiger partial charge in [-0.3, -0.25) is 9.59 Å². The van der Waals surface area contributed by atoms with E-state index in [0.29, 0.717) is 17.8 Å². The molecule has 0 bridgehead atoms. The second-order valence-electron chi connectivity index (χ2n) is 6.94. The van der Waals surface area contributed by atoms with Gasteiger partial charge in [-0.15, -0.1) is 0 Å². The number of aliphatic hydroxyl groups excluding tert-OH is 2. The zero-order valence-electron chi connectivity index (χ0n) is 16.5. The molecule has 1 aromatic heterocycles. The van der Waals surface area contributed by atoms with E-state index in [4.69, 9.17) is 4.74 Å². The molecule has 3 aromatic rings. The highest BCUT2D eigenvalue weighted by Gasteiger charge is 2.43. The number of imide groups is 1. The quantitative estimate of drug-likeness (QED) is 0.465. The number of benzene rings is 2. The number of hydrogen-bond acceptors (Lipinski definition) is 5. The summed E-state index contributed by atoms with van der Waals surface area (Å²) >= 11 is 0. The van der Waals surface area contributed by atoms with E-state index in [1.165, 1.54) is 0 Å². The number of ether oxygens (including phenoxy) is 1. The minimum absolute atomic E-state index is 0.0713. The molecule has 30 heavy (non-hydrogen) atoms. The SMILES string of the molecule is CCC(O)OC1=C(c2cn(CCO)c3ccccc23)C(=O)N(c2ccccc2)C1=O. The lowest BCUT2D eigenvalue weighted by atomic mass is 10.0. The van der Waals surface area contributed by atoms with Gasteiger partial charge in [0.25, 0.3) is 5.91 Å². The Labute approximate surface area is 173 Å². The normalized spacial score (nSPS) is 15.4. The second kappa shape index (κ2) is 8.14. The van der Waals surface area contributed by atoms with Gasteiger partial charge in [-0.2, -0.15) is 0 Å². The van der Waals surface area contributed by atoms with Crippen molar-refractivity contribution < 1.29 is 24.5 Å². The highest BCUT2D eigenvalue weighted by Crippen LogP contribution is 2.37. The van der Waals surface area contributed by atoms with Crippen molar-refractivity contribution in [3.63, 3.8) is 0 Å². The summed E-state index contributed by atoms with van der Waals surface area (Å²) in [6.07, 6.45) is 0.779. The largest absolute Gasteiger partial charge is 0.458 e. The predicted molar refractivity (Wildman–Crippen MR) is 112 cm³/mol. The monoisotopic (exact) mass is 406 g/mol. The van der Waals surface area contributed by atoms with Crippen LogP contribution in [-0.4, -0.2) is 39.5 Å². The van der Waals surface area contributed by atoms with E-state index >= 15 is 0 Å². The van der Waals surface area contributed by atoms with Crippen molar-refractivity contribution in [3.05, 3.63) is 72.1 Å². The average Bonchev–Trinajstić information content (AvgIpc) is 3.23. The Bertz CT molecular complexity index is 1130. The lowest BCUT2D eigenvalue weighted by molar-refractivity contribution is -0.126. The Hall–Kier alpha value is -3.42. The van der Waals surface area contributed by atoms with E-state index in [1.54, 1.807) is 43.5 Å². The van der Waals surface area contributed by atoms with Gasteiger partial charge in [0.2, 0.25) is 5.76 Å². The molecule has 1 atom stereocenters.